The second-order valence-electron chi connectivity index (χ2n) is 5.63. The standard InChI is InChI=1S/C18H22N2O.ClH/c1-11-5-8-16(13(3)9-11)14(4)20-18(21)17-10-15(19)7-6-12(17)2;/h5-10,14H,19H2,1-4H3,(H,20,21);1H. The maximum atomic E-state index is 12.4. The molecular formula is C18H23ClN2O. The van der Waals surface area contributed by atoms with Crippen molar-refractivity contribution in [3.8, 4) is 0 Å². The van der Waals surface area contributed by atoms with E-state index in [-0.39, 0.29) is 24.4 Å². The predicted octanol–water partition coefficient (Wildman–Crippen LogP) is 4.11. The van der Waals surface area contributed by atoms with Gasteiger partial charge in [-0.2, -0.15) is 0 Å². The fraction of sp³-hybridized carbons (Fsp3) is 0.278. The van der Waals surface area contributed by atoms with Gasteiger partial charge >= 0.3 is 0 Å². The largest absolute Gasteiger partial charge is 0.399 e. The van der Waals surface area contributed by atoms with E-state index in [2.05, 4.69) is 37.4 Å². The van der Waals surface area contributed by atoms with Crippen LogP contribution in [0.5, 0.6) is 0 Å². The third-order valence-corrected chi connectivity index (χ3v) is 3.75. The van der Waals surface area contributed by atoms with E-state index in [9.17, 15) is 4.79 Å². The summed E-state index contributed by atoms with van der Waals surface area (Å²) >= 11 is 0. The van der Waals surface area contributed by atoms with Crippen molar-refractivity contribution in [1.82, 2.24) is 5.32 Å². The summed E-state index contributed by atoms with van der Waals surface area (Å²) in [4.78, 5) is 12.4. The van der Waals surface area contributed by atoms with Crippen LogP contribution in [-0.2, 0) is 0 Å². The third-order valence-electron chi connectivity index (χ3n) is 3.75. The van der Waals surface area contributed by atoms with Gasteiger partial charge < -0.3 is 11.1 Å². The zero-order valence-electron chi connectivity index (χ0n) is 13.4. The summed E-state index contributed by atoms with van der Waals surface area (Å²) in [5, 5.41) is 3.05. The first-order valence-electron chi connectivity index (χ1n) is 7.12. The molecule has 2 aromatic rings. The first-order chi connectivity index (χ1) is 9.88. The van der Waals surface area contributed by atoms with Gasteiger partial charge in [0.25, 0.3) is 5.91 Å². The topological polar surface area (TPSA) is 55.1 Å². The Labute approximate surface area is 138 Å². The molecule has 2 rings (SSSR count). The molecule has 0 radical (unpaired) electrons. The number of carbonyl (C=O) groups excluding carboxylic acids is 1. The Hall–Kier alpha value is -2.00. The van der Waals surface area contributed by atoms with Crippen molar-refractivity contribution in [3.05, 3.63) is 64.2 Å². The summed E-state index contributed by atoms with van der Waals surface area (Å²) < 4.78 is 0. The van der Waals surface area contributed by atoms with E-state index < -0.39 is 0 Å². The van der Waals surface area contributed by atoms with Crippen molar-refractivity contribution in [1.29, 1.82) is 0 Å². The number of rotatable bonds is 3. The molecule has 0 aliphatic rings. The normalized spacial score (nSPS) is 11.5. The second kappa shape index (κ2) is 7.32. The Bertz CT molecular complexity index is 683. The van der Waals surface area contributed by atoms with Gasteiger partial charge in [-0.25, -0.2) is 0 Å². The molecule has 1 atom stereocenters. The van der Waals surface area contributed by atoms with E-state index >= 15 is 0 Å². The lowest BCUT2D eigenvalue weighted by atomic mass is 9.99. The SMILES string of the molecule is Cc1ccc(C(C)NC(=O)c2cc(N)ccc2C)c(C)c1.Cl. The molecule has 1 amide bonds. The van der Waals surface area contributed by atoms with E-state index in [4.69, 9.17) is 5.73 Å². The van der Waals surface area contributed by atoms with Gasteiger partial charge in [0.2, 0.25) is 0 Å². The minimum Gasteiger partial charge on any atom is -0.399 e. The molecule has 0 heterocycles. The Balaban J connectivity index is 0.00000242. The van der Waals surface area contributed by atoms with Crippen LogP contribution in [0.4, 0.5) is 5.69 Å². The molecule has 3 N–H and O–H groups in total. The lowest BCUT2D eigenvalue weighted by Gasteiger charge is -2.18. The van der Waals surface area contributed by atoms with Crippen molar-refractivity contribution in [2.24, 2.45) is 0 Å². The second-order valence-corrected chi connectivity index (χ2v) is 5.63. The van der Waals surface area contributed by atoms with Gasteiger partial charge in [-0.15, -0.1) is 12.4 Å². The number of hydrogen-bond donors (Lipinski definition) is 2. The van der Waals surface area contributed by atoms with Crippen LogP contribution in [0.2, 0.25) is 0 Å². The Morgan fingerprint density at radius 1 is 1.05 bits per heavy atom. The third kappa shape index (κ3) is 4.01. The highest BCUT2D eigenvalue weighted by Crippen LogP contribution is 2.20. The first-order valence-corrected chi connectivity index (χ1v) is 7.12. The van der Waals surface area contributed by atoms with Crippen LogP contribution in [-0.4, -0.2) is 5.91 Å². The number of nitrogen functional groups attached to an aromatic ring is 1. The number of amides is 1. The molecule has 118 valence electrons. The van der Waals surface area contributed by atoms with Gasteiger partial charge in [-0.3, -0.25) is 4.79 Å². The van der Waals surface area contributed by atoms with E-state index in [1.54, 1.807) is 12.1 Å². The molecular weight excluding hydrogens is 296 g/mol. The molecule has 0 spiro atoms. The van der Waals surface area contributed by atoms with Gasteiger partial charge in [0.15, 0.2) is 0 Å². The Kier molecular flexibility index (Phi) is 6.01. The Morgan fingerprint density at radius 2 is 1.73 bits per heavy atom. The lowest BCUT2D eigenvalue weighted by Crippen LogP contribution is -2.27. The van der Waals surface area contributed by atoms with Crippen molar-refractivity contribution >= 4 is 24.0 Å². The van der Waals surface area contributed by atoms with Crippen molar-refractivity contribution in [2.75, 3.05) is 5.73 Å². The fourth-order valence-electron chi connectivity index (χ4n) is 2.55. The highest BCUT2D eigenvalue weighted by atomic mass is 35.5. The average molecular weight is 319 g/mol. The number of halogens is 1. The van der Waals surface area contributed by atoms with Crippen molar-refractivity contribution < 1.29 is 4.79 Å². The van der Waals surface area contributed by atoms with Crippen LogP contribution >= 0.6 is 12.4 Å². The predicted molar refractivity (Wildman–Crippen MR) is 94.6 cm³/mol. The molecule has 0 aliphatic heterocycles. The molecule has 3 nitrogen and oxygen atoms in total. The summed E-state index contributed by atoms with van der Waals surface area (Å²) in [6, 6.07) is 11.6. The molecule has 22 heavy (non-hydrogen) atoms. The number of carbonyl (C=O) groups is 1. The van der Waals surface area contributed by atoms with Gasteiger partial charge in [0.1, 0.15) is 0 Å². The summed E-state index contributed by atoms with van der Waals surface area (Å²) in [6.07, 6.45) is 0. The molecule has 0 fully saturated rings. The molecule has 0 aliphatic carbocycles. The zero-order chi connectivity index (χ0) is 15.6. The molecule has 0 saturated heterocycles. The highest BCUT2D eigenvalue weighted by molar-refractivity contribution is 5.96. The summed E-state index contributed by atoms with van der Waals surface area (Å²) in [5.74, 6) is -0.0905. The number of anilines is 1. The minimum absolute atomic E-state index is 0. The van der Waals surface area contributed by atoms with Crippen molar-refractivity contribution in [2.45, 2.75) is 33.7 Å². The summed E-state index contributed by atoms with van der Waals surface area (Å²) in [6.45, 7) is 8.04. The van der Waals surface area contributed by atoms with Crippen LogP contribution in [0, 0.1) is 20.8 Å². The number of nitrogens with two attached hydrogens (primary N) is 1. The summed E-state index contributed by atoms with van der Waals surface area (Å²) in [7, 11) is 0. The fourth-order valence-corrected chi connectivity index (χ4v) is 2.55. The number of benzene rings is 2. The van der Waals surface area contributed by atoms with Gasteiger partial charge in [-0.05, 0) is 56.5 Å². The van der Waals surface area contributed by atoms with E-state index in [0.29, 0.717) is 11.3 Å². The van der Waals surface area contributed by atoms with E-state index in [1.165, 1.54) is 11.1 Å². The van der Waals surface area contributed by atoms with Crippen LogP contribution in [0.15, 0.2) is 36.4 Å². The number of hydrogen-bond acceptors (Lipinski definition) is 2. The lowest BCUT2D eigenvalue weighted by molar-refractivity contribution is 0.0939. The maximum Gasteiger partial charge on any atom is 0.252 e. The molecule has 2 aromatic carbocycles. The first kappa shape index (κ1) is 18.1. The van der Waals surface area contributed by atoms with Crippen molar-refractivity contribution in [3.63, 3.8) is 0 Å². The smallest absolute Gasteiger partial charge is 0.252 e. The Morgan fingerprint density at radius 3 is 2.36 bits per heavy atom. The van der Waals surface area contributed by atoms with Gasteiger partial charge in [-0.1, -0.05) is 29.8 Å². The van der Waals surface area contributed by atoms with E-state index in [0.717, 1.165) is 11.1 Å². The van der Waals surface area contributed by atoms with Crippen LogP contribution < -0.4 is 11.1 Å². The molecule has 4 heteroatoms. The quantitative estimate of drug-likeness (QED) is 0.837. The van der Waals surface area contributed by atoms with Crippen LogP contribution in [0.3, 0.4) is 0 Å². The maximum absolute atomic E-state index is 12.4. The average Bonchev–Trinajstić information content (AvgIpc) is 2.41. The van der Waals surface area contributed by atoms with Crippen LogP contribution in [0.25, 0.3) is 0 Å². The molecule has 1 unspecified atom stereocenters. The van der Waals surface area contributed by atoms with Gasteiger partial charge in [0, 0.05) is 11.3 Å². The number of nitrogens with one attached hydrogen (secondary N) is 1. The minimum atomic E-state index is -0.0905. The zero-order valence-corrected chi connectivity index (χ0v) is 14.3. The molecule has 0 saturated carbocycles. The summed E-state index contributed by atoms with van der Waals surface area (Å²) in [5.41, 5.74) is 11.5. The number of aryl methyl sites for hydroxylation is 3. The van der Waals surface area contributed by atoms with Gasteiger partial charge in [0.05, 0.1) is 6.04 Å². The highest BCUT2D eigenvalue weighted by Gasteiger charge is 2.15. The van der Waals surface area contributed by atoms with E-state index in [1.807, 2.05) is 19.9 Å². The monoisotopic (exact) mass is 318 g/mol. The molecule has 0 aromatic heterocycles. The van der Waals surface area contributed by atoms with Crippen LogP contribution in [0.1, 0.15) is 45.6 Å². The molecule has 0 bridgehead atoms.